The average molecular weight is 322 g/mol. The van der Waals surface area contributed by atoms with E-state index < -0.39 is 29.6 Å². The first-order valence-corrected chi connectivity index (χ1v) is 7.27. The van der Waals surface area contributed by atoms with Crippen LogP contribution < -0.4 is 0 Å². The molecule has 126 valence electrons. The quantitative estimate of drug-likeness (QED) is 0.591. The van der Waals surface area contributed by atoms with Crippen LogP contribution in [0.15, 0.2) is 30.3 Å². The summed E-state index contributed by atoms with van der Waals surface area (Å²) >= 11 is 0. The van der Waals surface area contributed by atoms with E-state index >= 15 is 0 Å². The molecule has 1 rings (SSSR count). The van der Waals surface area contributed by atoms with Crippen LogP contribution in [0.2, 0.25) is 0 Å². The summed E-state index contributed by atoms with van der Waals surface area (Å²) < 4.78 is 15.1. The maximum atomic E-state index is 12.0. The van der Waals surface area contributed by atoms with Crippen LogP contribution in [0.5, 0.6) is 0 Å². The van der Waals surface area contributed by atoms with E-state index in [-0.39, 0.29) is 13.0 Å². The molecule has 0 fully saturated rings. The Labute approximate surface area is 135 Å². The predicted octanol–water partition coefficient (Wildman–Crippen LogP) is 2.39. The molecule has 1 aromatic carbocycles. The fraction of sp³-hybridized carbons (Fsp3) is 0.471. The molecule has 0 bridgehead atoms. The number of carbonyl (C=O) groups excluding carboxylic acids is 3. The Morgan fingerprint density at radius 2 is 1.70 bits per heavy atom. The highest BCUT2D eigenvalue weighted by Crippen LogP contribution is 2.12. The minimum Gasteiger partial charge on any atom is -0.460 e. The molecule has 0 spiro atoms. The van der Waals surface area contributed by atoms with Gasteiger partial charge >= 0.3 is 17.9 Å². The molecule has 0 radical (unpaired) electrons. The maximum absolute atomic E-state index is 12.0. The van der Waals surface area contributed by atoms with Crippen LogP contribution in [0.4, 0.5) is 0 Å². The number of esters is 3. The molecule has 0 aliphatic heterocycles. The largest absolute Gasteiger partial charge is 0.460 e. The molecule has 0 aliphatic rings. The van der Waals surface area contributed by atoms with Gasteiger partial charge in [0.2, 0.25) is 6.10 Å². The van der Waals surface area contributed by atoms with Crippen LogP contribution in [0, 0.1) is 0 Å². The highest BCUT2D eigenvalue weighted by molar-refractivity contribution is 5.84. The van der Waals surface area contributed by atoms with E-state index in [2.05, 4.69) is 0 Å². The Kier molecular flexibility index (Phi) is 6.75. The van der Waals surface area contributed by atoms with Crippen molar-refractivity contribution >= 4 is 17.9 Å². The Hall–Kier alpha value is -2.37. The van der Waals surface area contributed by atoms with Gasteiger partial charge in [-0.3, -0.25) is 9.59 Å². The minimum atomic E-state index is -1.31. The SMILES string of the molecule is CC(=O)OC(CC(=O)OC(C)(C)C)C(=O)OCc1ccccc1. The number of benzene rings is 1. The number of rotatable bonds is 6. The van der Waals surface area contributed by atoms with E-state index in [4.69, 9.17) is 14.2 Å². The summed E-state index contributed by atoms with van der Waals surface area (Å²) in [7, 11) is 0. The lowest BCUT2D eigenvalue weighted by Gasteiger charge is -2.21. The zero-order valence-corrected chi connectivity index (χ0v) is 13.8. The summed E-state index contributed by atoms with van der Waals surface area (Å²) in [5.41, 5.74) is 0.103. The molecule has 6 heteroatoms. The molecule has 0 aromatic heterocycles. The fourth-order valence-electron chi connectivity index (χ4n) is 1.73. The molecule has 0 saturated carbocycles. The predicted molar refractivity (Wildman–Crippen MR) is 82.3 cm³/mol. The van der Waals surface area contributed by atoms with Gasteiger partial charge in [0.1, 0.15) is 12.2 Å². The molecule has 1 unspecified atom stereocenters. The summed E-state index contributed by atoms with van der Waals surface area (Å²) in [6.45, 7) is 6.32. The first kappa shape index (κ1) is 18.7. The van der Waals surface area contributed by atoms with Gasteiger partial charge in [-0.25, -0.2) is 4.79 Å². The summed E-state index contributed by atoms with van der Waals surface area (Å²) in [6.07, 6.45) is -1.70. The van der Waals surface area contributed by atoms with Crippen molar-refractivity contribution in [2.75, 3.05) is 0 Å². The third-order valence-electron chi connectivity index (χ3n) is 2.57. The second-order valence-corrected chi connectivity index (χ2v) is 5.98. The summed E-state index contributed by atoms with van der Waals surface area (Å²) in [6, 6.07) is 9.06. The van der Waals surface area contributed by atoms with Gasteiger partial charge < -0.3 is 14.2 Å². The van der Waals surface area contributed by atoms with Crippen molar-refractivity contribution in [2.45, 2.75) is 52.4 Å². The van der Waals surface area contributed by atoms with Crippen LogP contribution in [0.1, 0.15) is 39.7 Å². The molecule has 0 N–H and O–H groups in total. The molecule has 0 heterocycles. The van der Waals surface area contributed by atoms with Crippen molar-refractivity contribution in [3.05, 3.63) is 35.9 Å². The molecule has 23 heavy (non-hydrogen) atoms. The van der Waals surface area contributed by atoms with Crippen molar-refractivity contribution in [2.24, 2.45) is 0 Å². The lowest BCUT2D eigenvalue weighted by Crippen LogP contribution is -2.33. The monoisotopic (exact) mass is 322 g/mol. The molecule has 1 atom stereocenters. The van der Waals surface area contributed by atoms with Gasteiger partial charge in [0.05, 0.1) is 6.42 Å². The smallest absolute Gasteiger partial charge is 0.348 e. The standard InChI is InChI=1S/C17H22O6/c1-12(18)22-14(10-15(19)23-17(2,3)4)16(20)21-11-13-8-6-5-7-9-13/h5-9,14H,10-11H2,1-4H3. The van der Waals surface area contributed by atoms with Gasteiger partial charge in [0.15, 0.2) is 0 Å². The van der Waals surface area contributed by atoms with Crippen molar-refractivity contribution in [3.63, 3.8) is 0 Å². The van der Waals surface area contributed by atoms with E-state index in [1.165, 1.54) is 0 Å². The van der Waals surface area contributed by atoms with Crippen molar-refractivity contribution in [1.29, 1.82) is 0 Å². The second-order valence-electron chi connectivity index (χ2n) is 5.98. The lowest BCUT2D eigenvalue weighted by atomic mass is 10.2. The number of carbonyl (C=O) groups is 3. The van der Waals surface area contributed by atoms with Crippen LogP contribution >= 0.6 is 0 Å². The third kappa shape index (κ3) is 7.99. The van der Waals surface area contributed by atoms with E-state index in [1.807, 2.05) is 18.2 Å². The van der Waals surface area contributed by atoms with Gasteiger partial charge in [-0.15, -0.1) is 0 Å². The molecule has 1 aromatic rings. The minimum absolute atomic E-state index is 0.0335. The third-order valence-corrected chi connectivity index (χ3v) is 2.57. The van der Waals surface area contributed by atoms with Crippen LogP contribution in [-0.4, -0.2) is 29.6 Å². The summed E-state index contributed by atoms with van der Waals surface area (Å²) in [5.74, 6) is -2.09. The maximum Gasteiger partial charge on any atom is 0.348 e. The summed E-state index contributed by atoms with van der Waals surface area (Å²) in [5, 5.41) is 0. The van der Waals surface area contributed by atoms with Crippen molar-refractivity contribution in [1.82, 2.24) is 0 Å². The Morgan fingerprint density at radius 1 is 1.09 bits per heavy atom. The first-order chi connectivity index (χ1) is 10.7. The van der Waals surface area contributed by atoms with Crippen molar-refractivity contribution < 1.29 is 28.6 Å². The second kappa shape index (κ2) is 8.31. The van der Waals surface area contributed by atoms with Gasteiger partial charge in [-0.05, 0) is 26.3 Å². The van der Waals surface area contributed by atoms with Gasteiger partial charge in [-0.1, -0.05) is 30.3 Å². The van der Waals surface area contributed by atoms with Crippen LogP contribution in [0.3, 0.4) is 0 Å². The Morgan fingerprint density at radius 3 is 2.22 bits per heavy atom. The zero-order chi connectivity index (χ0) is 17.5. The molecule has 6 nitrogen and oxygen atoms in total. The lowest BCUT2D eigenvalue weighted by molar-refractivity contribution is -0.174. The van der Waals surface area contributed by atoms with Crippen LogP contribution in [-0.2, 0) is 35.2 Å². The van der Waals surface area contributed by atoms with E-state index in [0.717, 1.165) is 12.5 Å². The zero-order valence-electron chi connectivity index (χ0n) is 13.8. The van der Waals surface area contributed by atoms with Crippen LogP contribution in [0.25, 0.3) is 0 Å². The number of hydrogen-bond acceptors (Lipinski definition) is 6. The van der Waals surface area contributed by atoms with E-state index in [0.29, 0.717) is 0 Å². The number of ether oxygens (including phenoxy) is 3. The highest BCUT2D eigenvalue weighted by atomic mass is 16.6. The Balaban J connectivity index is 2.63. The van der Waals surface area contributed by atoms with E-state index in [1.54, 1.807) is 32.9 Å². The summed E-state index contributed by atoms with van der Waals surface area (Å²) in [4.78, 5) is 35.0. The molecule has 0 saturated heterocycles. The molecular formula is C17H22O6. The molecule has 0 aliphatic carbocycles. The van der Waals surface area contributed by atoms with Gasteiger partial charge in [0, 0.05) is 6.92 Å². The molecular weight excluding hydrogens is 300 g/mol. The van der Waals surface area contributed by atoms with Gasteiger partial charge in [-0.2, -0.15) is 0 Å². The first-order valence-electron chi connectivity index (χ1n) is 7.27. The van der Waals surface area contributed by atoms with Crippen molar-refractivity contribution in [3.8, 4) is 0 Å². The highest BCUT2D eigenvalue weighted by Gasteiger charge is 2.29. The average Bonchev–Trinajstić information content (AvgIpc) is 2.42. The van der Waals surface area contributed by atoms with E-state index in [9.17, 15) is 14.4 Å². The fourth-order valence-corrected chi connectivity index (χ4v) is 1.73. The number of hydrogen-bond donors (Lipinski definition) is 0. The molecule has 0 amide bonds. The normalized spacial score (nSPS) is 12.2. The topological polar surface area (TPSA) is 78.9 Å². The van der Waals surface area contributed by atoms with Gasteiger partial charge in [0.25, 0.3) is 0 Å². The Bertz CT molecular complexity index is 544.